The fraction of sp³-hybridized carbons (Fsp3) is 0.458. The second-order valence-electron chi connectivity index (χ2n) is 9.10. The smallest absolute Gasteiger partial charge is 0.353 e. The lowest BCUT2D eigenvalue weighted by Crippen LogP contribution is -2.49. The molecule has 13 heteroatoms. The monoisotopic (exact) mass is 535 g/mol. The number of anilines is 1. The van der Waals surface area contributed by atoms with Gasteiger partial charge < -0.3 is 36.0 Å². The molecule has 6 N–H and O–H groups in total. The molecular formula is C24H29N3O9S. The van der Waals surface area contributed by atoms with Crippen LogP contribution in [0, 0.1) is 11.8 Å². The maximum atomic E-state index is 12.8. The minimum absolute atomic E-state index is 0.0235. The number of hydrogen-bond donors (Lipinski definition) is 6. The number of carbonyl (C=O) groups is 5. The third-order valence-corrected chi connectivity index (χ3v) is 8.00. The Morgan fingerprint density at radius 3 is 2.35 bits per heavy atom. The van der Waals surface area contributed by atoms with E-state index in [0.29, 0.717) is 23.6 Å². The van der Waals surface area contributed by atoms with Crippen molar-refractivity contribution in [2.45, 2.75) is 50.6 Å². The number of carbonyl (C=O) groups excluding carboxylic acids is 2. The molecule has 6 atom stereocenters. The van der Waals surface area contributed by atoms with Crippen LogP contribution in [-0.2, 0) is 19.2 Å². The molecule has 37 heavy (non-hydrogen) atoms. The maximum Gasteiger partial charge on any atom is 0.353 e. The topological polar surface area (TPSA) is 194 Å². The Balaban J connectivity index is 1.79. The van der Waals surface area contributed by atoms with Crippen LogP contribution >= 0.6 is 11.8 Å². The molecule has 0 radical (unpaired) electrons. The minimum atomic E-state index is -1.41. The van der Waals surface area contributed by atoms with Crippen LogP contribution < -0.4 is 10.6 Å². The van der Waals surface area contributed by atoms with Crippen molar-refractivity contribution in [1.29, 1.82) is 0 Å². The normalized spacial score (nSPS) is 25.0. The van der Waals surface area contributed by atoms with Gasteiger partial charge in [0.25, 0.3) is 0 Å². The number of carboxylic acids is 3. The Bertz CT molecular complexity index is 1150. The van der Waals surface area contributed by atoms with E-state index in [1.165, 1.54) is 36.9 Å². The third kappa shape index (κ3) is 5.95. The van der Waals surface area contributed by atoms with Gasteiger partial charge in [-0.3, -0.25) is 14.4 Å². The molecule has 0 unspecified atom stereocenters. The quantitative estimate of drug-likeness (QED) is 0.264. The number of rotatable bonds is 9. The number of nitrogens with zero attached hydrogens (tertiary/aromatic N) is 1. The summed E-state index contributed by atoms with van der Waals surface area (Å²) in [5, 5.41) is 44.4. The molecule has 0 aromatic heterocycles. The van der Waals surface area contributed by atoms with Gasteiger partial charge in [-0.15, -0.1) is 11.8 Å². The molecule has 2 aliphatic rings. The van der Waals surface area contributed by atoms with Gasteiger partial charge in [-0.25, -0.2) is 9.59 Å². The molecule has 2 amide bonds. The van der Waals surface area contributed by atoms with Crippen molar-refractivity contribution in [1.82, 2.24) is 10.2 Å². The molecule has 12 nitrogen and oxygen atoms in total. The second kappa shape index (κ2) is 11.3. The Hall–Kier alpha value is -3.42. The van der Waals surface area contributed by atoms with E-state index in [1.54, 1.807) is 13.0 Å². The van der Waals surface area contributed by atoms with Gasteiger partial charge in [0, 0.05) is 35.2 Å². The average Bonchev–Trinajstić information content (AvgIpc) is 3.38. The fourth-order valence-corrected chi connectivity index (χ4v) is 6.32. The van der Waals surface area contributed by atoms with E-state index < -0.39 is 53.8 Å². The number of benzene rings is 1. The van der Waals surface area contributed by atoms with Crippen molar-refractivity contribution < 1.29 is 44.4 Å². The highest BCUT2D eigenvalue weighted by Gasteiger charge is 2.51. The standard InChI is InChI=1S/C24H29N3O9S/c1-10-18(17(11(2)28)23(33)34)27(12(3)29)19(24(35)36)20(10)37-15-8-16(25-9-15)21(30)26-14-6-4-5-13(7-14)22(31)32/h4-7,10-11,15-18,25,28H,8-9H2,1-3H3,(H,26,30)(H,31,32)(H,33,34)(H,35,36)/t10-,11-,15+,16+,17-,18-/m1/s1. The predicted molar refractivity (Wildman–Crippen MR) is 133 cm³/mol. The molecule has 2 heterocycles. The van der Waals surface area contributed by atoms with Crippen molar-refractivity contribution in [3.05, 3.63) is 40.4 Å². The first-order valence-electron chi connectivity index (χ1n) is 11.6. The summed E-state index contributed by atoms with van der Waals surface area (Å²) in [5.41, 5.74) is 0.0246. The van der Waals surface area contributed by atoms with Crippen molar-refractivity contribution in [2.24, 2.45) is 11.8 Å². The lowest BCUT2D eigenvalue weighted by molar-refractivity contribution is -0.152. The molecule has 1 aromatic rings. The molecule has 0 aliphatic carbocycles. The summed E-state index contributed by atoms with van der Waals surface area (Å²) in [6.07, 6.45) is -1.03. The molecule has 1 fully saturated rings. The van der Waals surface area contributed by atoms with Crippen molar-refractivity contribution >= 4 is 47.2 Å². The Morgan fingerprint density at radius 2 is 1.81 bits per heavy atom. The SMILES string of the molecule is CC(=O)N1C(C(=O)O)=C(S[C@@H]2CN[C@H](C(=O)Nc3cccc(C(=O)O)c3)C2)[C@H](C)[C@@H]1[C@H](C(=O)O)[C@@H](C)O. The number of nitrogens with one attached hydrogen (secondary N) is 2. The number of carboxylic acid groups (broad SMARTS) is 3. The van der Waals surface area contributed by atoms with Gasteiger partial charge in [0.05, 0.1) is 23.8 Å². The van der Waals surface area contributed by atoms with E-state index in [9.17, 15) is 39.3 Å². The molecule has 2 aliphatic heterocycles. The molecule has 0 spiro atoms. The Labute approximate surface area is 216 Å². The van der Waals surface area contributed by atoms with E-state index in [-0.39, 0.29) is 22.4 Å². The van der Waals surface area contributed by atoms with Gasteiger partial charge in [0.15, 0.2) is 0 Å². The van der Waals surface area contributed by atoms with Crippen LogP contribution in [0.3, 0.4) is 0 Å². The van der Waals surface area contributed by atoms with Crippen LogP contribution in [0.2, 0.25) is 0 Å². The van der Waals surface area contributed by atoms with Gasteiger partial charge in [-0.05, 0) is 31.5 Å². The van der Waals surface area contributed by atoms with Gasteiger partial charge in [-0.1, -0.05) is 13.0 Å². The highest BCUT2D eigenvalue weighted by Crippen LogP contribution is 2.46. The van der Waals surface area contributed by atoms with E-state index in [2.05, 4.69) is 10.6 Å². The van der Waals surface area contributed by atoms with E-state index >= 15 is 0 Å². The minimum Gasteiger partial charge on any atom is -0.481 e. The molecule has 0 saturated carbocycles. The fourth-order valence-electron chi connectivity index (χ4n) is 4.84. The van der Waals surface area contributed by atoms with Crippen LogP contribution in [0.1, 0.15) is 37.6 Å². The second-order valence-corrected chi connectivity index (χ2v) is 10.4. The van der Waals surface area contributed by atoms with Crippen molar-refractivity contribution in [3.8, 4) is 0 Å². The first-order valence-corrected chi connectivity index (χ1v) is 12.4. The van der Waals surface area contributed by atoms with Gasteiger partial charge >= 0.3 is 17.9 Å². The molecule has 3 rings (SSSR count). The molecule has 1 aromatic carbocycles. The van der Waals surface area contributed by atoms with Crippen molar-refractivity contribution in [3.63, 3.8) is 0 Å². The van der Waals surface area contributed by atoms with Crippen LogP contribution in [0.15, 0.2) is 34.9 Å². The van der Waals surface area contributed by atoms with Crippen LogP contribution in [0.5, 0.6) is 0 Å². The molecule has 200 valence electrons. The summed E-state index contributed by atoms with van der Waals surface area (Å²) in [6, 6.07) is 4.07. The average molecular weight is 536 g/mol. The van der Waals surface area contributed by atoms with E-state index in [1.807, 2.05) is 0 Å². The largest absolute Gasteiger partial charge is 0.481 e. The zero-order valence-electron chi connectivity index (χ0n) is 20.4. The summed E-state index contributed by atoms with van der Waals surface area (Å²) < 4.78 is 0. The number of aliphatic hydroxyl groups is 1. The number of aromatic carboxylic acids is 1. The summed E-state index contributed by atoms with van der Waals surface area (Å²) in [4.78, 5) is 61.8. The van der Waals surface area contributed by atoms with Gasteiger partial charge in [0.2, 0.25) is 11.8 Å². The molecular weight excluding hydrogens is 506 g/mol. The summed E-state index contributed by atoms with van der Waals surface area (Å²) in [6.45, 7) is 4.39. The Morgan fingerprint density at radius 1 is 1.14 bits per heavy atom. The molecule has 0 bridgehead atoms. The summed E-state index contributed by atoms with van der Waals surface area (Å²) >= 11 is 1.17. The number of aliphatic carboxylic acids is 2. The zero-order valence-corrected chi connectivity index (χ0v) is 21.2. The molecule has 1 saturated heterocycles. The van der Waals surface area contributed by atoms with E-state index in [0.717, 1.165) is 11.8 Å². The predicted octanol–water partition coefficient (Wildman–Crippen LogP) is 1.03. The van der Waals surface area contributed by atoms with Crippen LogP contribution in [-0.4, -0.2) is 85.0 Å². The van der Waals surface area contributed by atoms with Gasteiger partial charge in [-0.2, -0.15) is 0 Å². The first kappa shape index (κ1) is 28.2. The zero-order chi connectivity index (χ0) is 27.6. The Kier molecular flexibility index (Phi) is 8.61. The first-order chi connectivity index (χ1) is 17.3. The van der Waals surface area contributed by atoms with Crippen LogP contribution in [0.25, 0.3) is 0 Å². The van der Waals surface area contributed by atoms with Crippen molar-refractivity contribution in [2.75, 3.05) is 11.9 Å². The number of thioether (sulfide) groups is 1. The maximum absolute atomic E-state index is 12.8. The highest BCUT2D eigenvalue weighted by atomic mass is 32.2. The van der Waals surface area contributed by atoms with Crippen LogP contribution in [0.4, 0.5) is 5.69 Å². The van der Waals surface area contributed by atoms with Gasteiger partial charge in [0.1, 0.15) is 11.6 Å². The lowest BCUT2D eigenvalue weighted by Gasteiger charge is -2.33. The lowest BCUT2D eigenvalue weighted by atomic mass is 9.86. The number of aliphatic hydroxyl groups excluding tert-OH is 1. The summed E-state index contributed by atoms with van der Waals surface area (Å²) in [7, 11) is 0. The number of amides is 2. The summed E-state index contributed by atoms with van der Waals surface area (Å²) in [5.74, 6) is -7.00. The third-order valence-electron chi connectivity index (χ3n) is 6.49. The van der Waals surface area contributed by atoms with E-state index in [4.69, 9.17) is 5.11 Å². The highest BCUT2D eigenvalue weighted by molar-refractivity contribution is 8.03. The number of hydrogen-bond acceptors (Lipinski definition) is 8.